The van der Waals surface area contributed by atoms with E-state index < -0.39 is 6.04 Å². The minimum Gasteiger partial charge on any atom is -0.375 e. The van der Waals surface area contributed by atoms with Crippen LogP contribution in [0.4, 0.5) is 11.4 Å². The van der Waals surface area contributed by atoms with Crippen LogP contribution >= 0.6 is 11.6 Å². The van der Waals surface area contributed by atoms with Gasteiger partial charge in [-0.2, -0.15) is 0 Å². The molecule has 1 unspecified atom stereocenters. The molecule has 0 aliphatic rings. The van der Waals surface area contributed by atoms with Crippen LogP contribution in [0, 0.1) is 5.92 Å². The maximum atomic E-state index is 12.7. The lowest BCUT2D eigenvalue weighted by Crippen LogP contribution is -2.47. The van der Waals surface area contributed by atoms with Crippen molar-refractivity contribution < 1.29 is 19.1 Å². The first-order valence-electron chi connectivity index (χ1n) is 9.06. The molecule has 29 heavy (non-hydrogen) atoms. The number of amides is 3. The van der Waals surface area contributed by atoms with Gasteiger partial charge in [0.05, 0.1) is 0 Å². The second-order valence-electron chi connectivity index (χ2n) is 6.75. The van der Waals surface area contributed by atoms with Gasteiger partial charge >= 0.3 is 0 Å². The molecule has 3 N–H and O–H groups in total. The van der Waals surface area contributed by atoms with E-state index in [0.717, 1.165) is 0 Å². The third-order valence-electron chi connectivity index (χ3n) is 4.05. The maximum absolute atomic E-state index is 12.7. The Morgan fingerprint density at radius 2 is 1.48 bits per heavy atom. The van der Waals surface area contributed by atoms with Gasteiger partial charge in [0.25, 0.3) is 5.91 Å². The van der Waals surface area contributed by atoms with Crippen LogP contribution in [0.2, 0.25) is 5.02 Å². The summed E-state index contributed by atoms with van der Waals surface area (Å²) in [5.41, 5.74) is 1.55. The van der Waals surface area contributed by atoms with E-state index in [2.05, 4.69) is 16.0 Å². The molecule has 2 aromatic rings. The minimum atomic E-state index is -0.723. The zero-order valence-electron chi connectivity index (χ0n) is 16.5. The van der Waals surface area contributed by atoms with Crippen LogP contribution in [0.3, 0.4) is 0 Å². The summed E-state index contributed by atoms with van der Waals surface area (Å²) in [6, 6.07) is 12.4. The Bertz CT molecular complexity index is 851. The standard InChI is InChI=1S/C21H24ClN3O4/c1-13(2)19(25-20(27)14-4-6-15(22)7-5-14)21(28)24-17-10-8-16(9-11-17)23-18(26)12-29-3/h4-11,13,19H,12H2,1-3H3,(H,23,26)(H,24,28)(H,25,27). The summed E-state index contributed by atoms with van der Waals surface area (Å²) in [6.45, 7) is 3.66. The van der Waals surface area contributed by atoms with Gasteiger partial charge in [-0.05, 0) is 54.4 Å². The van der Waals surface area contributed by atoms with Crippen LogP contribution in [0.15, 0.2) is 48.5 Å². The van der Waals surface area contributed by atoms with Crippen molar-refractivity contribution in [2.24, 2.45) is 5.92 Å². The van der Waals surface area contributed by atoms with E-state index >= 15 is 0 Å². The fourth-order valence-electron chi connectivity index (χ4n) is 2.55. The fraction of sp³-hybridized carbons (Fsp3) is 0.286. The number of hydrogen-bond donors (Lipinski definition) is 3. The Labute approximate surface area is 174 Å². The van der Waals surface area contributed by atoms with E-state index in [-0.39, 0.29) is 30.2 Å². The van der Waals surface area contributed by atoms with Crippen molar-refractivity contribution in [3.63, 3.8) is 0 Å². The zero-order valence-corrected chi connectivity index (χ0v) is 17.2. The van der Waals surface area contributed by atoms with Crippen LogP contribution in [-0.4, -0.2) is 37.5 Å². The molecule has 0 aliphatic carbocycles. The molecular formula is C21H24ClN3O4. The molecule has 1 atom stereocenters. The first-order valence-corrected chi connectivity index (χ1v) is 9.44. The van der Waals surface area contributed by atoms with Gasteiger partial charge in [-0.15, -0.1) is 0 Å². The highest BCUT2D eigenvalue weighted by Crippen LogP contribution is 2.15. The monoisotopic (exact) mass is 417 g/mol. The van der Waals surface area contributed by atoms with E-state index in [1.807, 2.05) is 13.8 Å². The van der Waals surface area contributed by atoms with Gasteiger partial charge in [0.2, 0.25) is 11.8 Å². The maximum Gasteiger partial charge on any atom is 0.251 e. The third-order valence-corrected chi connectivity index (χ3v) is 4.31. The van der Waals surface area contributed by atoms with Crippen LogP contribution < -0.4 is 16.0 Å². The minimum absolute atomic E-state index is 0.0398. The van der Waals surface area contributed by atoms with Gasteiger partial charge in [-0.25, -0.2) is 0 Å². The van der Waals surface area contributed by atoms with Gasteiger partial charge in [-0.1, -0.05) is 25.4 Å². The molecule has 8 heteroatoms. The summed E-state index contributed by atoms with van der Waals surface area (Å²) in [5, 5.41) is 8.74. The lowest BCUT2D eigenvalue weighted by Gasteiger charge is -2.22. The zero-order chi connectivity index (χ0) is 21.4. The highest BCUT2D eigenvalue weighted by molar-refractivity contribution is 6.30. The molecule has 0 fully saturated rings. The number of nitrogens with one attached hydrogen (secondary N) is 3. The molecule has 0 aromatic heterocycles. The second kappa shape index (κ2) is 10.6. The molecule has 154 valence electrons. The van der Waals surface area contributed by atoms with E-state index in [1.54, 1.807) is 48.5 Å². The Balaban J connectivity index is 2.01. The van der Waals surface area contributed by atoms with Crippen molar-refractivity contribution in [2.75, 3.05) is 24.4 Å². The molecular weight excluding hydrogens is 394 g/mol. The summed E-state index contributed by atoms with van der Waals surface area (Å²) in [6.07, 6.45) is 0. The molecule has 3 amide bonds. The molecule has 0 spiro atoms. The number of methoxy groups -OCH3 is 1. The number of ether oxygens (including phenoxy) is 1. The largest absolute Gasteiger partial charge is 0.375 e. The van der Waals surface area contributed by atoms with E-state index in [9.17, 15) is 14.4 Å². The highest BCUT2D eigenvalue weighted by atomic mass is 35.5. The summed E-state index contributed by atoms with van der Waals surface area (Å²) in [7, 11) is 1.44. The molecule has 0 bridgehead atoms. The number of anilines is 2. The fourth-order valence-corrected chi connectivity index (χ4v) is 2.67. The SMILES string of the molecule is COCC(=O)Nc1ccc(NC(=O)C(NC(=O)c2ccc(Cl)cc2)C(C)C)cc1. The smallest absolute Gasteiger partial charge is 0.251 e. The van der Waals surface area contributed by atoms with Crippen molar-refractivity contribution in [3.05, 3.63) is 59.1 Å². The number of rotatable bonds is 8. The van der Waals surface area contributed by atoms with Crippen molar-refractivity contribution in [1.82, 2.24) is 5.32 Å². The number of carbonyl (C=O) groups excluding carboxylic acids is 3. The van der Waals surface area contributed by atoms with Gasteiger partial charge in [-0.3, -0.25) is 14.4 Å². The van der Waals surface area contributed by atoms with Gasteiger partial charge in [0.1, 0.15) is 12.6 Å². The van der Waals surface area contributed by atoms with Crippen molar-refractivity contribution >= 4 is 40.7 Å². The molecule has 0 heterocycles. The molecule has 0 aliphatic heterocycles. The number of carbonyl (C=O) groups is 3. The lowest BCUT2D eigenvalue weighted by atomic mass is 10.0. The van der Waals surface area contributed by atoms with Crippen LogP contribution in [0.5, 0.6) is 0 Å². The van der Waals surface area contributed by atoms with Gasteiger partial charge in [0, 0.05) is 29.1 Å². The number of halogens is 1. The summed E-state index contributed by atoms with van der Waals surface area (Å²) in [5.74, 6) is -1.09. The summed E-state index contributed by atoms with van der Waals surface area (Å²) < 4.78 is 4.76. The van der Waals surface area contributed by atoms with Crippen molar-refractivity contribution in [3.8, 4) is 0 Å². The average Bonchev–Trinajstić information content (AvgIpc) is 2.67. The summed E-state index contributed by atoms with van der Waals surface area (Å²) in [4.78, 5) is 36.7. The molecule has 0 saturated heterocycles. The second-order valence-corrected chi connectivity index (χ2v) is 7.19. The van der Waals surface area contributed by atoms with E-state index in [0.29, 0.717) is 22.0 Å². The van der Waals surface area contributed by atoms with Crippen LogP contribution in [-0.2, 0) is 14.3 Å². The van der Waals surface area contributed by atoms with E-state index in [1.165, 1.54) is 7.11 Å². The lowest BCUT2D eigenvalue weighted by molar-refractivity contribution is -0.120. The van der Waals surface area contributed by atoms with Crippen molar-refractivity contribution in [2.45, 2.75) is 19.9 Å². The van der Waals surface area contributed by atoms with Gasteiger partial charge < -0.3 is 20.7 Å². The predicted molar refractivity (Wildman–Crippen MR) is 113 cm³/mol. The van der Waals surface area contributed by atoms with Crippen LogP contribution in [0.25, 0.3) is 0 Å². The quantitative estimate of drug-likeness (QED) is 0.613. The third kappa shape index (κ3) is 6.89. The first-order chi connectivity index (χ1) is 13.8. The Morgan fingerprint density at radius 1 is 0.931 bits per heavy atom. The highest BCUT2D eigenvalue weighted by Gasteiger charge is 2.24. The molecule has 0 radical (unpaired) electrons. The Hall–Kier alpha value is -2.90. The Morgan fingerprint density at radius 3 is 2.00 bits per heavy atom. The Kier molecular flexibility index (Phi) is 8.18. The molecule has 7 nitrogen and oxygen atoms in total. The first kappa shape index (κ1) is 22.4. The number of benzene rings is 2. The summed E-state index contributed by atoms with van der Waals surface area (Å²) >= 11 is 5.84. The van der Waals surface area contributed by atoms with Crippen LogP contribution in [0.1, 0.15) is 24.2 Å². The average molecular weight is 418 g/mol. The number of hydrogen-bond acceptors (Lipinski definition) is 4. The predicted octanol–water partition coefficient (Wildman–Crippen LogP) is 3.32. The molecule has 2 aromatic carbocycles. The van der Waals surface area contributed by atoms with Crippen molar-refractivity contribution in [1.29, 1.82) is 0 Å². The normalized spacial score (nSPS) is 11.6. The molecule has 0 saturated carbocycles. The molecule has 2 rings (SSSR count). The topological polar surface area (TPSA) is 96.5 Å². The van der Waals surface area contributed by atoms with E-state index in [4.69, 9.17) is 16.3 Å². The van der Waals surface area contributed by atoms with Gasteiger partial charge in [0.15, 0.2) is 0 Å².